The molecule has 9 nitrogen and oxygen atoms in total. The minimum Gasteiger partial charge on any atom is -0.494 e. The molecule has 0 radical (unpaired) electrons. The van der Waals surface area contributed by atoms with Gasteiger partial charge in [0.1, 0.15) is 5.75 Å². The molecule has 0 saturated carbocycles. The largest absolute Gasteiger partial charge is 0.494 e. The number of hydrogen-bond donors (Lipinski definition) is 3. The summed E-state index contributed by atoms with van der Waals surface area (Å²) in [6, 6.07) is 16.5. The number of carbonyl (C=O) groups is 1. The Morgan fingerprint density at radius 1 is 1.00 bits per heavy atom. The van der Waals surface area contributed by atoms with Crippen LogP contribution in [0.3, 0.4) is 0 Å². The summed E-state index contributed by atoms with van der Waals surface area (Å²) >= 11 is 2.25. The van der Waals surface area contributed by atoms with Gasteiger partial charge >= 0.3 is 0 Å². The Hall–Kier alpha value is -2.58. The lowest BCUT2D eigenvalue weighted by Gasteiger charge is -2.19. The van der Waals surface area contributed by atoms with Crippen molar-refractivity contribution in [1.82, 2.24) is 15.2 Å². The Labute approximate surface area is 266 Å². The van der Waals surface area contributed by atoms with Gasteiger partial charge in [-0.05, 0) is 59.9 Å². The molecule has 4 rings (SSSR count). The van der Waals surface area contributed by atoms with Crippen molar-refractivity contribution in [1.29, 1.82) is 0 Å². The van der Waals surface area contributed by atoms with Crippen LogP contribution in [0.4, 0.5) is 17.1 Å². The van der Waals surface area contributed by atoms with E-state index in [2.05, 4.69) is 56.7 Å². The highest BCUT2D eigenvalue weighted by Gasteiger charge is 2.18. The van der Waals surface area contributed by atoms with Gasteiger partial charge in [0.15, 0.2) is 0 Å². The van der Waals surface area contributed by atoms with Crippen LogP contribution in [0.15, 0.2) is 54.6 Å². The van der Waals surface area contributed by atoms with E-state index in [9.17, 15) is 13.2 Å². The average molecular weight is 734 g/mol. The van der Waals surface area contributed by atoms with E-state index < -0.39 is 10.0 Å². The quantitative estimate of drug-likeness (QED) is 0.128. The minimum absolute atomic E-state index is 0. The van der Waals surface area contributed by atoms with Gasteiger partial charge < -0.3 is 20.3 Å². The number of nitrogens with zero attached hydrogens (tertiary/aromatic N) is 2. The monoisotopic (exact) mass is 733 g/mol. The summed E-state index contributed by atoms with van der Waals surface area (Å²) in [5.74, 6) is 0.281. The van der Waals surface area contributed by atoms with Crippen LogP contribution in [-0.4, -0.2) is 63.8 Å². The van der Waals surface area contributed by atoms with Crippen molar-refractivity contribution in [2.45, 2.75) is 13.8 Å². The smallest absolute Gasteiger partial charge is 0.253 e. The summed E-state index contributed by atoms with van der Waals surface area (Å²) in [5.41, 5.74) is 3.66. The molecule has 0 aliphatic rings. The van der Waals surface area contributed by atoms with Crippen LogP contribution in [0.2, 0.25) is 0 Å². The van der Waals surface area contributed by atoms with Crippen LogP contribution in [0.5, 0.6) is 5.75 Å². The summed E-state index contributed by atoms with van der Waals surface area (Å²) in [7, 11) is -1.91. The molecule has 0 spiro atoms. The summed E-state index contributed by atoms with van der Waals surface area (Å²) < 4.78 is 32.4. The number of anilines is 3. The van der Waals surface area contributed by atoms with Crippen molar-refractivity contribution < 1.29 is 17.9 Å². The number of carbonyl (C=O) groups excluding carboxylic acids is 1. The highest BCUT2D eigenvalue weighted by Crippen LogP contribution is 2.39. The first-order valence-electron chi connectivity index (χ1n) is 12.6. The maximum Gasteiger partial charge on any atom is 0.253 e. The number of amides is 1. The van der Waals surface area contributed by atoms with Crippen molar-refractivity contribution in [2.24, 2.45) is 0 Å². The van der Waals surface area contributed by atoms with Crippen LogP contribution in [0, 0.1) is 3.57 Å². The number of nitrogens with one attached hydrogen (secondary N) is 3. The first-order chi connectivity index (χ1) is 18.6. The van der Waals surface area contributed by atoms with Gasteiger partial charge in [-0.1, -0.05) is 38.1 Å². The van der Waals surface area contributed by atoms with E-state index in [0.29, 0.717) is 34.7 Å². The number of likely N-dealkylation sites (N-methyl/N-ethyl adjacent to an activating group) is 1. The van der Waals surface area contributed by atoms with Gasteiger partial charge in [-0.15, -0.1) is 24.8 Å². The molecule has 1 amide bonds. The Kier molecular flexibility index (Phi) is 12.7. The summed E-state index contributed by atoms with van der Waals surface area (Å²) in [6.45, 7) is 7.37. The van der Waals surface area contributed by atoms with Gasteiger partial charge in [0.25, 0.3) is 5.91 Å². The number of sulfonamides is 1. The number of ether oxygens (including phenoxy) is 1. The molecular formula is C28H34Cl2IN5O4S. The first-order valence-corrected chi connectivity index (χ1v) is 15.6. The van der Waals surface area contributed by atoms with Crippen molar-refractivity contribution in [3.05, 3.63) is 63.7 Å². The molecule has 41 heavy (non-hydrogen) atoms. The molecule has 4 aromatic rings. The number of para-hydroxylation sites is 2. The highest BCUT2D eigenvalue weighted by molar-refractivity contribution is 14.1. The second-order valence-electron chi connectivity index (χ2n) is 9.02. The van der Waals surface area contributed by atoms with E-state index in [1.807, 2.05) is 30.3 Å². The summed E-state index contributed by atoms with van der Waals surface area (Å²) in [4.78, 5) is 20.5. The van der Waals surface area contributed by atoms with Gasteiger partial charge in [0, 0.05) is 33.5 Å². The van der Waals surface area contributed by atoms with Crippen LogP contribution < -0.4 is 20.1 Å². The molecule has 3 aromatic carbocycles. The number of rotatable bonds is 11. The predicted molar refractivity (Wildman–Crippen MR) is 181 cm³/mol. The Bertz CT molecular complexity index is 1640. The van der Waals surface area contributed by atoms with Crippen molar-refractivity contribution in [3.63, 3.8) is 0 Å². The van der Waals surface area contributed by atoms with Gasteiger partial charge in [0.05, 0.1) is 47.0 Å². The third-order valence-corrected chi connectivity index (χ3v) is 7.88. The molecule has 0 aliphatic carbocycles. The van der Waals surface area contributed by atoms with Gasteiger partial charge in [-0.25, -0.2) is 13.4 Å². The molecule has 0 aliphatic heterocycles. The fourth-order valence-electron chi connectivity index (χ4n) is 4.44. The Balaban J connectivity index is 0.00000294. The number of halogens is 3. The topological polar surface area (TPSA) is 113 Å². The average Bonchev–Trinajstić information content (AvgIpc) is 2.91. The maximum atomic E-state index is 13.3. The molecule has 1 heterocycles. The number of aromatic nitrogens is 1. The number of hydrogen-bond acceptors (Lipinski definition) is 7. The zero-order valence-corrected chi connectivity index (χ0v) is 27.8. The van der Waals surface area contributed by atoms with Crippen LogP contribution in [-0.2, 0) is 10.0 Å². The molecule has 13 heteroatoms. The van der Waals surface area contributed by atoms with E-state index >= 15 is 0 Å². The molecule has 222 valence electrons. The second kappa shape index (κ2) is 15.1. The molecule has 0 unspecified atom stereocenters. The molecule has 1 aromatic heterocycles. The van der Waals surface area contributed by atoms with E-state index in [0.717, 1.165) is 51.4 Å². The Morgan fingerprint density at radius 3 is 2.29 bits per heavy atom. The minimum atomic E-state index is -3.44. The van der Waals surface area contributed by atoms with Crippen molar-refractivity contribution in [2.75, 3.05) is 49.6 Å². The molecule has 0 fully saturated rings. The normalized spacial score (nSPS) is 11.1. The van der Waals surface area contributed by atoms with E-state index in [4.69, 9.17) is 9.72 Å². The lowest BCUT2D eigenvalue weighted by atomic mass is 10.0. The standard InChI is InChI=1S/C28H32IN5O4S.2ClH/c1-5-34(6-2)16-15-30-28(35)21-11-7-9-19-25(20-10-8-12-22(29)27(20)32-26(19)21)31-23-14-13-18(17-24(23)38-3)33-39(4,36)37;;/h7-14,17,33H,5-6,15-16H2,1-4H3,(H,30,35)(H,31,32);2*1H. The van der Waals surface area contributed by atoms with E-state index in [1.54, 1.807) is 24.3 Å². The highest BCUT2D eigenvalue weighted by atomic mass is 127. The third kappa shape index (κ3) is 8.25. The van der Waals surface area contributed by atoms with Gasteiger partial charge in [-0.2, -0.15) is 0 Å². The first kappa shape index (κ1) is 34.6. The van der Waals surface area contributed by atoms with Crippen LogP contribution in [0.1, 0.15) is 24.2 Å². The fraction of sp³-hybridized carbons (Fsp3) is 0.286. The fourth-order valence-corrected chi connectivity index (χ4v) is 5.61. The molecular weight excluding hydrogens is 700 g/mol. The van der Waals surface area contributed by atoms with E-state index in [1.165, 1.54) is 7.11 Å². The van der Waals surface area contributed by atoms with Crippen molar-refractivity contribution in [3.8, 4) is 5.75 Å². The lowest BCUT2D eigenvalue weighted by molar-refractivity contribution is 0.0950. The van der Waals surface area contributed by atoms with E-state index in [-0.39, 0.29) is 30.7 Å². The Morgan fingerprint density at radius 2 is 1.66 bits per heavy atom. The van der Waals surface area contributed by atoms with Crippen LogP contribution >= 0.6 is 47.4 Å². The molecule has 3 N–H and O–H groups in total. The molecule has 0 saturated heterocycles. The maximum absolute atomic E-state index is 13.3. The van der Waals surface area contributed by atoms with Gasteiger partial charge in [0.2, 0.25) is 10.0 Å². The molecule has 0 atom stereocenters. The number of pyridine rings is 1. The zero-order chi connectivity index (χ0) is 28.2. The second-order valence-corrected chi connectivity index (χ2v) is 11.9. The van der Waals surface area contributed by atoms with Crippen LogP contribution in [0.25, 0.3) is 21.8 Å². The van der Waals surface area contributed by atoms with Gasteiger partial charge in [-0.3, -0.25) is 9.52 Å². The molecule has 0 bridgehead atoms. The summed E-state index contributed by atoms with van der Waals surface area (Å²) in [5, 5.41) is 8.19. The third-order valence-electron chi connectivity index (χ3n) is 6.40. The number of methoxy groups -OCH3 is 1. The van der Waals surface area contributed by atoms with Crippen molar-refractivity contribution >= 4 is 102 Å². The SMILES string of the molecule is CCN(CC)CCNC(=O)c1cccc2c(Nc3ccc(NS(C)(=O)=O)cc3OC)c3cccc(I)c3nc12.Cl.Cl. The zero-order valence-electron chi connectivity index (χ0n) is 23.2. The summed E-state index contributed by atoms with van der Waals surface area (Å²) in [6.07, 6.45) is 1.10. The number of fused-ring (bicyclic) bond motifs is 2. The number of benzene rings is 3. The predicted octanol–water partition coefficient (Wildman–Crippen LogP) is 6.03. The lowest BCUT2D eigenvalue weighted by Crippen LogP contribution is -2.34.